The molecule has 0 N–H and O–H groups in total. The van der Waals surface area contributed by atoms with Gasteiger partial charge in [0.25, 0.3) is 0 Å². The van der Waals surface area contributed by atoms with E-state index in [-0.39, 0.29) is 16.6 Å². The highest BCUT2D eigenvalue weighted by atomic mass is 28.4. The number of rotatable bonds is 3. The van der Waals surface area contributed by atoms with Gasteiger partial charge < -0.3 is 4.43 Å². The Morgan fingerprint density at radius 1 is 1.17 bits per heavy atom. The van der Waals surface area contributed by atoms with Gasteiger partial charge in [0.1, 0.15) is 5.78 Å². The van der Waals surface area contributed by atoms with E-state index < -0.39 is 8.32 Å². The Morgan fingerprint density at radius 3 is 2.43 bits per heavy atom. The summed E-state index contributed by atoms with van der Waals surface area (Å²) < 4.78 is 6.66. The zero-order chi connectivity index (χ0) is 17.2. The van der Waals surface area contributed by atoms with E-state index in [1.165, 1.54) is 18.5 Å². The number of Topliss-reactive ketones (excluding diaryl/α,β-unsaturated/α-hetero) is 1. The van der Waals surface area contributed by atoms with Crippen LogP contribution in [0, 0.1) is 11.8 Å². The number of hydrogen-bond donors (Lipinski definition) is 0. The second kappa shape index (κ2) is 5.27. The molecule has 0 aromatic rings. The monoisotopic (exact) mass is 335 g/mol. The number of nitrogens with zero attached hydrogens (tertiary/aromatic N) is 1. The van der Waals surface area contributed by atoms with Crippen molar-refractivity contribution in [2.45, 2.75) is 77.2 Å². The Hall–Kier alpha value is -0.453. The van der Waals surface area contributed by atoms with Crippen LogP contribution in [0.4, 0.5) is 0 Å². The molecule has 3 atom stereocenters. The van der Waals surface area contributed by atoms with Crippen LogP contribution in [0.15, 0.2) is 11.6 Å². The highest BCUT2D eigenvalue weighted by Crippen LogP contribution is 2.53. The summed E-state index contributed by atoms with van der Waals surface area (Å²) in [7, 11) is -1.82. The molecule has 0 radical (unpaired) electrons. The number of piperidine rings is 1. The first-order chi connectivity index (χ1) is 10.4. The standard InChI is InChI=1S/C19H33NO2Si/c1-18(2,3)23(6,7)22-19(4,5)12-14-13-8-10-20-11-9-15(21)16(14)17(13)20/h12-13,16-17H,8-11H2,1-7H3/b14-12+/t13-,16-,17-/m1/s1. The second-order valence-electron chi connectivity index (χ2n) is 9.73. The fourth-order valence-corrected chi connectivity index (χ4v) is 6.16. The molecule has 3 fully saturated rings. The Labute approximate surface area is 142 Å². The van der Waals surface area contributed by atoms with Gasteiger partial charge in [-0.3, -0.25) is 9.69 Å². The van der Waals surface area contributed by atoms with Gasteiger partial charge in [-0.05, 0) is 50.9 Å². The highest BCUT2D eigenvalue weighted by molar-refractivity contribution is 6.74. The maximum Gasteiger partial charge on any atom is 0.193 e. The fraction of sp³-hybridized carbons (Fsp3) is 0.842. The van der Waals surface area contributed by atoms with Crippen LogP contribution in [0.2, 0.25) is 18.1 Å². The van der Waals surface area contributed by atoms with E-state index in [1.807, 2.05) is 0 Å². The lowest BCUT2D eigenvalue weighted by atomic mass is 9.61. The maximum atomic E-state index is 12.4. The van der Waals surface area contributed by atoms with Crippen molar-refractivity contribution in [3.05, 3.63) is 11.6 Å². The molecule has 2 aliphatic heterocycles. The quantitative estimate of drug-likeness (QED) is 0.576. The van der Waals surface area contributed by atoms with Crippen molar-refractivity contribution >= 4 is 14.1 Å². The molecule has 23 heavy (non-hydrogen) atoms. The number of carbonyl (C=O) groups is 1. The lowest BCUT2D eigenvalue weighted by Crippen LogP contribution is -2.57. The number of ketones is 1. The van der Waals surface area contributed by atoms with Gasteiger partial charge in [-0.1, -0.05) is 32.4 Å². The fourth-order valence-electron chi connectivity index (χ4n) is 4.48. The third-order valence-corrected chi connectivity index (χ3v) is 11.2. The van der Waals surface area contributed by atoms with Crippen LogP contribution in [0.25, 0.3) is 0 Å². The molecule has 4 heteroatoms. The number of carbonyl (C=O) groups excluding carboxylic acids is 1. The highest BCUT2D eigenvalue weighted by Gasteiger charge is 2.57. The first-order valence-corrected chi connectivity index (χ1v) is 12.0. The van der Waals surface area contributed by atoms with E-state index in [1.54, 1.807) is 0 Å². The molecule has 2 saturated heterocycles. The Bertz CT molecular complexity index is 544. The summed E-state index contributed by atoms with van der Waals surface area (Å²) >= 11 is 0. The van der Waals surface area contributed by atoms with E-state index >= 15 is 0 Å². The zero-order valence-electron chi connectivity index (χ0n) is 15.9. The molecule has 3 nitrogen and oxygen atoms in total. The minimum Gasteiger partial charge on any atom is -0.409 e. The average Bonchev–Trinajstić information content (AvgIpc) is 2.74. The van der Waals surface area contributed by atoms with Crippen molar-refractivity contribution < 1.29 is 9.22 Å². The van der Waals surface area contributed by atoms with Crippen LogP contribution in [-0.4, -0.2) is 43.7 Å². The molecule has 3 aliphatic rings. The zero-order valence-corrected chi connectivity index (χ0v) is 16.9. The normalized spacial score (nSPS) is 33.8. The van der Waals surface area contributed by atoms with Crippen molar-refractivity contribution in [3.63, 3.8) is 0 Å². The summed E-state index contributed by atoms with van der Waals surface area (Å²) in [6, 6.07) is 0.506. The first kappa shape index (κ1) is 17.4. The topological polar surface area (TPSA) is 29.5 Å². The van der Waals surface area contributed by atoms with Crippen molar-refractivity contribution in [3.8, 4) is 0 Å². The molecule has 2 heterocycles. The maximum absolute atomic E-state index is 12.4. The van der Waals surface area contributed by atoms with Crippen molar-refractivity contribution in [1.82, 2.24) is 4.90 Å². The molecule has 0 amide bonds. The van der Waals surface area contributed by atoms with Gasteiger partial charge in [-0.15, -0.1) is 0 Å². The Kier molecular flexibility index (Phi) is 3.98. The molecular weight excluding hydrogens is 302 g/mol. The molecule has 0 bridgehead atoms. The van der Waals surface area contributed by atoms with E-state index in [0.29, 0.717) is 17.7 Å². The average molecular weight is 336 g/mol. The van der Waals surface area contributed by atoms with E-state index in [9.17, 15) is 4.79 Å². The molecule has 0 unspecified atom stereocenters. The third-order valence-electron chi connectivity index (χ3n) is 6.52. The molecular formula is C19H33NO2Si. The molecule has 0 aromatic heterocycles. The van der Waals surface area contributed by atoms with Gasteiger partial charge in [-0.25, -0.2) is 0 Å². The summed E-state index contributed by atoms with van der Waals surface area (Å²) in [6.45, 7) is 17.9. The number of hydrogen-bond acceptors (Lipinski definition) is 3. The van der Waals surface area contributed by atoms with E-state index in [2.05, 4.69) is 58.7 Å². The van der Waals surface area contributed by atoms with Gasteiger partial charge in [0.2, 0.25) is 0 Å². The largest absolute Gasteiger partial charge is 0.409 e. The van der Waals surface area contributed by atoms with Gasteiger partial charge in [0.05, 0.1) is 11.5 Å². The van der Waals surface area contributed by atoms with Gasteiger partial charge in [-0.2, -0.15) is 0 Å². The second-order valence-corrected chi connectivity index (χ2v) is 14.5. The summed E-state index contributed by atoms with van der Waals surface area (Å²) in [5.74, 6) is 1.23. The Balaban J connectivity index is 1.82. The SMILES string of the molecule is CC(C)(/C=C1\[C@H]2CCN3CCC(=O)[C@@H]1[C@@H]23)O[Si](C)(C)C(C)(C)C. The third kappa shape index (κ3) is 2.87. The van der Waals surface area contributed by atoms with Crippen molar-refractivity contribution in [2.24, 2.45) is 11.8 Å². The van der Waals surface area contributed by atoms with Gasteiger partial charge >= 0.3 is 0 Å². The van der Waals surface area contributed by atoms with Gasteiger partial charge in [0.15, 0.2) is 8.32 Å². The van der Waals surface area contributed by atoms with E-state index in [4.69, 9.17) is 4.43 Å². The molecule has 3 rings (SSSR count). The van der Waals surface area contributed by atoms with Crippen LogP contribution >= 0.6 is 0 Å². The van der Waals surface area contributed by atoms with Crippen LogP contribution in [0.3, 0.4) is 0 Å². The van der Waals surface area contributed by atoms with Crippen molar-refractivity contribution in [2.75, 3.05) is 13.1 Å². The molecule has 130 valence electrons. The predicted molar refractivity (Wildman–Crippen MR) is 97.0 cm³/mol. The summed E-state index contributed by atoms with van der Waals surface area (Å²) in [5.41, 5.74) is 1.10. The minimum absolute atomic E-state index is 0.165. The first-order valence-electron chi connectivity index (χ1n) is 9.12. The molecule has 1 saturated carbocycles. The lowest BCUT2D eigenvalue weighted by molar-refractivity contribution is -0.130. The van der Waals surface area contributed by atoms with Crippen LogP contribution < -0.4 is 0 Å². The Morgan fingerprint density at radius 2 is 1.83 bits per heavy atom. The molecule has 0 aromatic carbocycles. The lowest BCUT2D eigenvalue weighted by Gasteiger charge is -2.50. The van der Waals surface area contributed by atoms with Crippen LogP contribution in [0.5, 0.6) is 0 Å². The van der Waals surface area contributed by atoms with Crippen LogP contribution in [-0.2, 0) is 9.22 Å². The van der Waals surface area contributed by atoms with E-state index in [0.717, 1.165) is 13.0 Å². The van der Waals surface area contributed by atoms with Gasteiger partial charge in [0, 0.05) is 19.0 Å². The molecule has 1 aliphatic carbocycles. The molecule has 0 spiro atoms. The van der Waals surface area contributed by atoms with Crippen LogP contribution in [0.1, 0.15) is 47.5 Å². The summed E-state index contributed by atoms with van der Waals surface area (Å²) in [5, 5.41) is 0.204. The van der Waals surface area contributed by atoms with Crippen molar-refractivity contribution in [1.29, 1.82) is 0 Å². The smallest absolute Gasteiger partial charge is 0.193 e. The predicted octanol–water partition coefficient (Wildman–Crippen LogP) is 4.01. The minimum atomic E-state index is -1.82. The summed E-state index contributed by atoms with van der Waals surface area (Å²) in [4.78, 5) is 15.0. The summed E-state index contributed by atoms with van der Waals surface area (Å²) in [6.07, 6.45) is 4.26.